The SMILES string of the molecule is CS(=O)(=O)c1ccc(-c2noc(CCn3cncn3)n2)cc1. The highest BCUT2D eigenvalue weighted by molar-refractivity contribution is 7.90. The van der Waals surface area contributed by atoms with E-state index in [9.17, 15) is 8.42 Å². The monoisotopic (exact) mass is 319 g/mol. The predicted octanol–water partition coefficient (Wildman–Crippen LogP) is 0.974. The van der Waals surface area contributed by atoms with Crippen molar-refractivity contribution in [2.24, 2.45) is 0 Å². The van der Waals surface area contributed by atoms with E-state index < -0.39 is 9.84 Å². The third kappa shape index (κ3) is 3.19. The van der Waals surface area contributed by atoms with E-state index in [0.717, 1.165) is 0 Å². The number of rotatable bonds is 5. The molecule has 0 spiro atoms. The number of hydrogen-bond donors (Lipinski definition) is 0. The Morgan fingerprint density at radius 3 is 2.64 bits per heavy atom. The van der Waals surface area contributed by atoms with Crippen LogP contribution in [-0.4, -0.2) is 39.6 Å². The predicted molar refractivity (Wildman–Crippen MR) is 76.6 cm³/mol. The molecule has 0 aliphatic heterocycles. The molecule has 0 fully saturated rings. The van der Waals surface area contributed by atoms with E-state index in [0.29, 0.717) is 30.2 Å². The van der Waals surface area contributed by atoms with Crippen LogP contribution in [0.3, 0.4) is 0 Å². The van der Waals surface area contributed by atoms with Crippen LogP contribution in [-0.2, 0) is 22.8 Å². The van der Waals surface area contributed by atoms with Gasteiger partial charge < -0.3 is 4.52 Å². The zero-order valence-corrected chi connectivity index (χ0v) is 12.6. The van der Waals surface area contributed by atoms with Gasteiger partial charge in [0.2, 0.25) is 11.7 Å². The van der Waals surface area contributed by atoms with Gasteiger partial charge >= 0.3 is 0 Å². The van der Waals surface area contributed by atoms with Gasteiger partial charge in [0.1, 0.15) is 12.7 Å². The highest BCUT2D eigenvalue weighted by Gasteiger charge is 2.11. The Balaban J connectivity index is 1.73. The lowest BCUT2D eigenvalue weighted by Crippen LogP contribution is -2.01. The molecule has 9 heteroatoms. The summed E-state index contributed by atoms with van der Waals surface area (Å²) in [6.07, 6.45) is 4.78. The zero-order valence-electron chi connectivity index (χ0n) is 11.7. The van der Waals surface area contributed by atoms with Gasteiger partial charge in [0.25, 0.3) is 0 Å². The van der Waals surface area contributed by atoms with E-state index in [1.54, 1.807) is 23.1 Å². The van der Waals surface area contributed by atoms with Crippen molar-refractivity contribution in [2.45, 2.75) is 17.9 Å². The van der Waals surface area contributed by atoms with E-state index >= 15 is 0 Å². The van der Waals surface area contributed by atoms with Gasteiger partial charge in [-0.3, -0.25) is 4.68 Å². The number of nitrogens with zero attached hydrogens (tertiary/aromatic N) is 5. The van der Waals surface area contributed by atoms with E-state index in [-0.39, 0.29) is 4.90 Å². The molecule has 0 saturated heterocycles. The first-order valence-corrected chi connectivity index (χ1v) is 8.37. The number of hydrogen-bond acceptors (Lipinski definition) is 7. The summed E-state index contributed by atoms with van der Waals surface area (Å²) in [5.41, 5.74) is 0.697. The summed E-state index contributed by atoms with van der Waals surface area (Å²) in [7, 11) is -3.21. The molecule has 0 amide bonds. The molecule has 22 heavy (non-hydrogen) atoms. The molecule has 2 heterocycles. The first-order valence-electron chi connectivity index (χ1n) is 6.48. The van der Waals surface area contributed by atoms with Gasteiger partial charge in [0.05, 0.1) is 11.4 Å². The van der Waals surface area contributed by atoms with Crippen molar-refractivity contribution < 1.29 is 12.9 Å². The average Bonchev–Trinajstić information content (AvgIpc) is 3.16. The zero-order chi connectivity index (χ0) is 15.6. The fraction of sp³-hybridized carbons (Fsp3) is 0.231. The Morgan fingerprint density at radius 2 is 2.00 bits per heavy atom. The van der Waals surface area contributed by atoms with Crippen LogP contribution >= 0.6 is 0 Å². The Labute approximate surface area is 126 Å². The molecule has 0 bridgehead atoms. The second kappa shape index (κ2) is 5.68. The van der Waals surface area contributed by atoms with Gasteiger partial charge in [0, 0.05) is 18.2 Å². The van der Waals surface area contributed by atoms with Crippen LogP contribution in [0.15, 0.2) is 46.3 Å². The maximum absolute atomic E-state index is 11.4. The normalized spacial score (nSPS) is 11.7. The van der Waals surface area contributed by atoms with Crippen LogP contribution in [0.5, 0.6) is 0 Å². The average molecular weight is 319 g/mol. The van der Waals surface area contributed by atoms with Crippen LogP contribution in [0.1, 0.15) is 5.89 Å². The molecule has 0 atom stereocenters. The van der Waals surface area contributed by atoms with Crippen LogP contribution in [0, 0.1) is 0 Å². The second-order valence-electron chi connectivity index (χ2n) is 4.72. The summed E-state index contributed by atoms with van der Waals surface area (Å²) in [6.45, 7) is 0.592. The van der Waals surface area contributed by atoms with Gasteiger partial charge in [-0.05, 0) is 24.3 Å². The van der Waals surface area contributed by atoms with Gasteiger partial charge in [0.15, 0.2) is 9.84 Å². The third-order valence-electron chi connectivity index (χ3n) is 3.03. The molecule has 0 aliphatic carbocycles. The summed E-state index contributed by atoms with van der Waals surface area (Å²) in [5, 5.41) is 7.89. The van der Waals surface area contributed by atoms with E-state index in [2.05, 4.69) is 20.2 Å². The molecule has 2 aromatic heterocycles. The minimum atomic E-state index is -3.21. The number of aryl methyl sites for hydroxylation is 2. The molecule has 0 unspecified atom stereocenters. The molecular formula is C13H13N5O3S. The maximum atomic E-state index is 11.4. The quantitative estimate of drug-likeness (QED) is 0.690. The molecule has 0 radical (unpaired) electrons. The van der Waals surface area contributed by atoms with Crippen molar-refractivity contribution in [3.63, 3.8) is 0 Å². The second-order valence-corrected chi connectivity index (χ2v) is 6.73. The molecule has 0 saturated carbocycles. The van der Waals surface area contributed by atoms with Gasteiger partial charge in [-0.15, -0.1) is 0 Å². The highest BCUT2D eigenvalue weighted by Crippen LogP contribution is 2.18. The van der Waals surface area contributed by atoms with Crippen LogP contribution < -0.4 is 0 Å². The molecule has 114 valence electrons. The number of aromatic nitrogens is 5. The molecule has 3 aromatic rings. The summed E-state index contributed by atoms with van der Waals surface area (Å²) in [5.74, 6) is 0.909. The summed E-state index contributed by atoms with van der Waals surface area (Å²) in [4.78, 5) is 8.39. The lowest BCUT2D eigenvalue weighted by molar-refractivity contribution is 0.369. The first kappa shape index (κ1) is 14.4. The molecular weight excluding hydrogens is 306 g/mol. The Morgan fingerprint density at radius 1 is 1.23 bits per heavy atom. The van der Waals surface area contributed by atoms with E-state index in [4.69, 9.17) is 4.52 Å². The van der Waals surface area contributed by atoms with Gasteiger partial charge in [-0.25, -0.2) is 13.4 Å². The molecule has 3 rings (SSSR count). The smallest absolute Gasteiger partial charge is 0.228 e. The molecule has 1 aromatic carbocycles. The van der Waals surface area contributed by atoms with Gasteiger partial charge in [-0.1, -0.05) is 5.16 Å². The molecule has 0 aliphatic rings. The standard InChI is InChI=1S/C13H13N5O3S/c1-22(19,20)11-4-2-10(3-5-11)13-16-12(21-17-13)6-7-18-9-14-8-15-18/h2-5,8-9H,6-7H2,1H3. The van der Waals surface area contributed by atoms with Gasteiger partial charge in [-0.2, -0.15) is 10.1 Å². The third-order valence-corrected chi connectivity index (χ3v) is 4.16. The first-order chi connectivity index (χ1) is 10.5. The minimum absolute atomic E-state index is 0.256. The van der Waals surface area contributed by atoms with Crippen LogP contribution in [0.25, 0.3) is 11.4 Å². The Bertz CT molecular complexity index is 853. The number of sulfone groups is 1. The fourth-order valence-corrected chi connectivity index (χ4v) is 2.51. The van der Waals surface area contributed by atoms with E-state index in [1.165, 1.54) is 24.7 Å². The van der Waals surface area contributed by atoms with Crippen molar-refractivity contribution in [3.05, 3.63) is 42.8 Å². The van der Waals surface area contributed by atoms with Crippen molar-refractivity contribution >= 4 is 9.84 Å². The summed E-state index contributed by atoms with van der Waals surface area (Å²) >= 11 is 0. The molecule has 0 N–H and O–H groups in total. The van der Waals surface area contributed by atoms with Crippen molar-refractivity contribution in [3.8, 4) is 11.4 Å². The summed E-state index contributed by atoms with van der Waals surface area (Å²) in [6, 6.07) is 6.36. The minimum Gasteiger partial charge on any atom is -0.339 e. The maximum Gasteiger partial charge on any atom is 0.228 e. The fourth-order valence-electron chi connectivity index (χ4n) is 1.88. The Kier molecular flexibility index (Phi) is 3.72. The van der Waals surface area contributed by atoms with Crippen LogP contribution in [0.2, 0.25) is 0 Å². The van der Waals surface area contributed by atoms with Crippen LogP contribution in [0.4, 0.5) is 0 Å². The highest BCUT2D eigenvalue weighted by atomic mass is 32.2. The topological polar surface area (TPSA) is 104 Å². The van der Waals surface area contributed by atoms with E-state index in [1.807, 2.05) is 0 Å². The molecule has 8 nitrogen and oxygen atoms in total. The van der Waals surface area contributed by atoms with Crippen molar-refractivity contribution in [2.75, 3.05) is 6.26 Å². The summed E-state index contributed by atoms with van der Waals surface area (Å²) < 4.78 is 29.7. The Hall–Kier alpha value is -2.55. The van der Waals surface area contributed by atoms with Crippen molar-refractivity contribution in [1.29, 1.82) is 0 Å². The number of benzene rings is 1. The van der Waals surface area contributed by atoms with Crippen molar-refractivity contribution in [1.82, 2.24) is 24.9 Å². The lowest BCUT2D eigenvalue weighted by Gasteiger charge is -1.98. The lowest BCUT2D eigenvalue weighted by atomic mass is 10.2. The largest absolute Gasteiger partial charge is 0.339 e.